The quantitative estimate of drug-likeness (QED) is 0.401. The van der Waals surface area contributed by atoms with Crippen LogP contribution in [0.1, 0.15) is 15.2 Å². The minimum atomic E-state index is -0.0460. The molecule has 0 aliphatic rings. The number of ketones is 1. The molecule has 0 spiro atoms. The van der Waals surface area contributed by atoms with E-state index < -0.39 is 0 Å². The molecular weight excluding hydrogens is 344 g/mol. The zero-order valence-corrected chi connectivity index (χ0v) is 13.0. The van der Waals surface area contributed by atoms with Crippen LogP contribution in [0.4, 0.5) is 0 Å². The first-order chi connectivity index (χ1) is 9.15. The highest BCUT2D eigenvalue weighted by Crippen LogP contribution is 2.21. The van der Waals surface area contributed by atoms with Crippen LogP contribution >= 0.6 is 38.9 Å². The van der Waals surface area contributed by atoms with Gasteiger partial charge in [0, 0.05) is 14.9 Å². The van der Waals surface area contributed by atoms with Crippen molar-refractivity contribution in [2.24, 2.45) is 0 Å². The van der Waals surface area contributed by atoms with Crippen LogP contribution in [0.2, 0.25) is 0 Å². The van der Waals surface area contributed by atoms with Crippen molar-refractivity contribution < 1.29 is 4.79 Å². The maximum atomic E-state index is 11.8. The van der Waals surface area contributed by atoms with E-state index in [1.54, 1.807) is 12.1 Å². The lowest BCUT2D eigenvalue weighted by atomic mass is 10.2. The average molecular weight is 354 g/mol. The fraction of sp³-hybridized carbons (Fsp3) is 0. The number of thiophene rings is 1. The van der Waals surface area contributed by atoms with Gasteiger partial charge in [0.15, 0.2) is 5.78 Å². The molecule has 0 bridgehead atoms. The lowest BCUT2D eigenvalue weighted by molar-refractivity contribution is 0.105. The van der Waals surface area contributed by atoms with E-state index in [4.69, 9.17) is 11.6 Å². The molecular formula is C15H10BrClOS. The van der Waals surface area contributed by atoms with Crippen LogP contribution in [0.15, 0.2) is 63.4 Å². The zero-order valence-electron chi connectivity index (χ0n) is 9.85. The number of hydrogen-bond donors (Lipinski definition) is 0. The Morgan fingerprint density at radius 3 is 2.58 bits per heavy atom. The summed E-state index contributed by atoms with van der Waals surface area (Å²) in [5.41, 5.74) is 1.00. The maximum Gasteiger partial charge on any atom is 0.195 e. The summed E-state index contributed by atoms with van der Waals surface area (Å²) in [5, 5.41) is 2.40. The standard InChI is InChI=1S/C15H10BrClOS/c16-12-9-15(19-10-12)14(18)7-6-13(17)8-11-4-2-1-3-5-11/h1-10H/b7-6+,13-8-. The van der Waals surface area contributed by atoms with Crippen LogP contribution in [0.3, 0.4) is 0 Å². The van der Waals surface area contributed by atoms with Gasteiger partial charge in [-0.3, -0.25) is 4.79 Å². The predicted octanol–water partition coefficient (Wildman–Crippen LogP) is 5.53. The lowest BCUT2D eigenvalue weighted by Gasteiger charge is -1.93. The average Bonchev–Trinajstić information content (AvgIpc) is 2.84. The van der Waals surface area contributed by atoms with Gasteiger partial charge in [-0.2, -0.15) is 0 Å². The molecule has 0 radical (unpaired) electrons. The van der Waals surface area contributed by atoms with Crippen LogP contribution < -0.4 is 0 Å². The van der Waals surface area contributed by atoms with Gasteiger partial charge in [0.05, 0.1) is 4.88 Å². The molecule has 19 heavy (non-hydrogen) atoms. The Bertz CT molecular complexity index is 629. The van der Waals surface area contributed by atoms with Gasteiger partial charge >= 0.3 is 0 Å². The van der Waals surface area contributed by atoms with E-state index in [2.05, 4.69) is 15.9 Å². The molecule has 1 heterocycles. The number of rotatable bonds is 4. The SMILES string of the molecule is O=C(/C=C/C(Cl)=C/c1ccccc1)c1cc(Br)cs1. The molecule has 2 aromatic rings. The lowest BCUT2D eigenvalue weighted by Crippen LogP contribution is -1.88. The highest BCUT2D eigenvalue weighted by Gasteiger charge is 2.04. The van der Waals surface area contributed by atoms with E-state index in [1.165, 1.54) is 17.4 Å². The largest absolute Gasteiger partial charge is 0.288 e. The first-order valence-electron chi connectivity index (χ1n) is 5.54. The first kappa shape index (κ1) is 14.3. The Morgan fingerprint density at radius 1 is 1.21 bits per heavy atom. The second kappa shape index (κ2) is 6.85. The Labute approximate surface area is 129 Å². The molecule has 4 heteroatoms. The van der Waals surface area contributed by atoms with Gasteiger partial charge < -0.3 is 0 Å². The molecule has 0 aliphatic carbocycles. The van der Waals surface area contributed by atoms with Crippen molar-refractivity contribution in [2.45, 2.75) is 0 Å². The van der Waals surface area contributed by atoms with Crippen molar-refractivity contribution in [1.82, 2.24) is 0 Å². The summed E-state index contributed by atoms with van der Waals surface area (Å²) in [7, 11) is 0. The Kier molecular flexibility index (Phi) is 5.14. The fourth-order valence-corrected chi connectivity index (χ4v) is 2.97. The number of benzene rings is 1. The van der Waals surface area contributed by atoms with E-state index in [0.29, 0.717) is 9.91 Å². The molecule has 0 fully saturated rings. The van der Waals surface area contributed by atoms with Crippen LogP contribution in [0.5, 0.6) is 0 Å². The molecule has 1 aromatic heterocycles. The molecule has 2 rings (SSSR count). The maximum absolute atomic E-state index is 11.8. The Balaban J connectivity index is 2.06. The summed E-state index contributed by atoms with van der Waals surface area (Å²) < 4.78 is 0.917. The monoisotopic (exact) mass is 352 g/mol. The molecule has 0 saturated carbocycles. The summed E-state index contributed by atoms with van der Waals surface area (Å²) in [6.07, 6.45) is 4.92. The smallest absolute Gasteiger partial charge is 0.195 e. The molecule has 0 saturated heterocycles. The molecule has 0 amide bonds. The third-order valence-corrected chi connectivity index (χ3v) is 4.25. The number of hydrogen-bond acceptors (Lipinski definition) is 2. The van der Waals surface area contributed by atoms with E-state index in [-0.39, 0.29) is 5.78 Å². The minimum absolute atomic E-state index is 0.0460. The highest BCUT2D eigenvalue weighted by atomic mass is 79.9. The minimum Gasteiger partial charge on any atom is -0.288 e. The summed E-state index contributed by atoms with van der Waals surface area (Å²) in [5.74, 6) is -0.0460. The van der Waals surface area contributed by atoms with Crippen molar-refractivity contribution in [3.8, 4) is 0 Å². The molecule has 0 atom stereocenters. The molecule has 1 nitrogen and oxygen atoms in total. The second-order valence-corrected chi connectivity index (χ2v) is 6.03. The van der Waals surface area contributed by atoms with E-state index in [1.807, 2.05) is 41.8 Å². The summed E-state index contributed by atoms with van der Waals surface area (Å²) >= 11 is 10.8. The van der Waals surface area contributed by atoms with Crippen molar-refractivity contribution in [3.05, 3.63) is 73.9 Å². The highest BCUT2D eigenvalue weighted by molar-refractivity contribution is 9.10. The molecule has 0 unspecified atom stereocenters. The first-order valence-corrected chi connectivity index (χ1v) is 7.59. The number of halogens is 2. The van der Waals surface area contributed by atoms with E-state index in [0.717, 1.165) is 10.0 Å². The van der Waals surface area contributed by atoms with Crippen LogP contribution in [-0.4, -0.2) is 5.78 Å². The van der Waals surface area contributed by atoms with Gasteiger partial charge in [-0.05, 0) is 45.8 Å². The Hall–Kier alpha value is -1.16. The normalized spacial score (nSPS) is 12.0. The van der Waals surface area contributed by atoms with Crippen molar-refractivity contribution in [1.29, 1.82) is 0 Å². The summed E-state index contributed by atoms with van der Waals surface area (Å²) in [6, 6.07) is 11.5. The number of carbonyl (C=O) groups excluding carboxylic acids is 1. The van der Waals surface area contributed by atoms with Crippen molar-refractivity contribution >= 4 is 50.7 Å². The third kappa shape index (κ3) is 4.46. The summed E-state index contributed by atoms with van der Waals surface area (Å²) in [6.45, 7) is 0. The van der Waals surface area contributed by atoms with Crippen LogP contribution in [0, 0.1) is 0 Å². The van der Waals surface area contributed by atoms with Crippen LogP contribution in [0.25, 0.3) is 6.08 Å². The number of allylic oxidation sites excluding steroid dienone is 3. The molecule has 0 aliphatic heterocycles. The van der Waals surface area contributed by atoms with Gasteiger partial charge in [-0.15, -0.1) is 11.3 Å². The molecule has 0 N–H and O–H groups in total. The van der Waals surface area contributed by atoms with Gasteiger partial charge in [0.25, 0.3) is 0 Å². The zero-order chi connectivity index (χ0) is 13.7. The van der Waals surface area contributed by atoms with Crippen LogP contribution in [-0.2, 0) is 0 Å². The predicted molar refractivity (Wildman–Crippen MR) is 85.8 cm³/mol. The topological polar surface area (TPSA) is 17.1 Å². The van der Waals surface area contributed by atoms with Gasteiger partial charge in [0.1, 0.15) is 0 Å². The van der Waals surface area contributed by atoms with Crippen molar-refractivity contribution in [2.75, 3.05) is 0 Å². The Morgan fingerprint density at radius 2 is 1.95 bits per heavy atom. The molecule has 1 aromatic carbocycles. The number of carbonyl (C=O) groups is 1. The summed E-state index contributed by atoms with van der Waals surface area (Å²) in [4.78, 5) is 12.5. The van der Waals surface area contributed by atoms with E-state index >= 15 is 0 Å². The molecule has 96 valence electrons. The van der Waals surface area contributed by atoms with Gasteiger partial charge in [-0.1, -0.05) is 41.9 Å². The third-order valence-electron chi connectivity index (χ3n) is 2.31. The van der Waals surface area contributed by atoms with E-state index in [9.17, 15) is 4.79 Å². The second-order valence-electron chi connectivity index (χ2n) is 3.77. The van der Waals surface area contributed by atoms with Gasteiger partial charge in [0.2, 0.25) is 0 Å². The fourth-order valence-electron chi connectivity index (χ4n) is 1.44. The van der Waals surface area contributed by atoms with Gasteiger partial charge in [-0.25, -0.2) is 0 Å². The van der Waals surface area contributed by atoms with Crippen molar-refractivity contribution in [3.63, 3.8) is 0 Å².